The molecule has 11 rings (SSSR count). The van der Waals surface area contributed by atoms with Gasteiger partial charge in [0.1, 0.15) is 0 Å². The molecule has 3 heteroatoms. The molecule has 0 unspecified atom stereocenters. The van der Waals surface area contributed by atoms with Gasteiger partial charge in [-0.3, -0.25) is 0 Å². The first-order valence-corrected chi connectivity index (χ1v) is 18.6. The number of rotatable bonds is 4. The number of hydrogen-bond donors (Lipinski definition) is 0. The van der Waals surface area contributed by atoms with Crippen LogP contribution in [0.4, 0.5) is 0 Å². The van der Waals surface area contributed by atoms with Crippen molar-refractivity contribution in [3.8, 4) is 33.6 Å². The molecular weight excluding hydrogens is 639 g/mol. The van der Waals surface area contributed by atoms with Crippen LogP contribution in [-0.2, 0) is 5.41 Å². The zero-order valence-corrected chi connectivity index (χ0v) is 30.2. The molecule has 2 aromatic heterocycles. The van der Waals surface area contributed by atoms with E-state index in [2.05, 4.69) is 177 Å². The molecule has 7 aromatic carbocycles. The van der Waals surface area contributed by atoms with E-state index in [9.17, 15) is 0 Å². The fourth-order valence-electron chi connectivity index (χ4n) is 9.35. The molecule has 0 N–H and O–H groups in total. The molecule has 0 bridgehead atoms. The van der Waals surface area contributed by atoms with E-state index in [1.807, 2.05) is 12.2 Å². The summed E-state index contributed by atoms with van der Waals surface area (Å²) in [4.78, 5) is 0. The van der Waals surface area contributed by atoms with Crippen molar-refractivity contribution in [3.05, 3.63) is 163 Å². The second-order valence-corrected chi connectivity index (χ2v) is 15.9. The Bertz CT molecular complexity index is 3050. The Labute approximate surface area is 310 Å². The quantitative estimate of drug-likeness (QED) is 0.164. The van der Waals surface area contributed by atoms with Gasteiger partial charge in [0.25, 0.3) is 6.71 Å². The minimum Gasteiger partial charge on any atom is -0.310 e. The molecule has 0 saturated heterocycles. The largest absolute Gasteiger partial charge is 0.310 e. The number of hydrogen-bond acceptors (Lipinski definition) is 0. The second-order valence-electron chi connectivity index (χ2n) is 15.9. The van der Waals surface area contributed by atoms with E-state index >= 15 is 0 Å². The van der Waals surface area contributed by atoms with Crippen molar-refractivity contribution >= 4 is 78.9 Å². The lowest BCUT2D eigenvalue weighted by atomic mass is 9.34. The van der Waals surface area contributed by atoms with Gasteiger partial charge in [-0.15, -0.1) is 0 Å². The first-order valence-electron chi connectivity index (χ1n) is 18.6. The van der Waals surface area contributed by atoms with E-state index in [0.717, 1.165) is 11.1 Å². The van der Waals surface area contributed by atoms with Gasteiger partial charge >= 0.3 is 0 Å². The number of aromatic nitrogens is 2. The third kappa shape index (κ3) is 4.11. The van der Waals surface area contributed by atoms with Crippen molar-refractivity contribution in [2.24, 2.45) is 0 Å². The highest BCUT2D eigenvalue weighted by molar-refractivity contribution is 7.00. The second kappa shape index (κ2) is 10.6. The Morgan fingerprint density at radius 3 is 1.72 bits per heavy atom. The molecule has 0 spiro atoms. The summed E-state index contributed by atoms with van der Waals surface area (Å²) in [5.74, 6) is 0. The first kappa shape index (κ1) is 30.3. The van der Waals surface area contributed by atoms with Gasteiger partial charge in [-0.1, -0.05) is 143 Å². The number of para-hydroxylation sites is 2. The fourth-order valence-corrected chi connectivity index (χ4v) is 9.35. The summed E-state index contributed by atoms with van der Waals surface area (Å²) < 4.78 is 5.16. The average molecular weight is 677 g/mol. The normalized spacial score (nSPS) is 12.9. The third-order valence-electron chi connectivity index (χ3n) is 12.0. The highest BCUT2D eigenvalue weighted by Crippen LogP contribution is 2.42. The molecule has 0 amide bonds. The third-order valence-corrected chi connectivity index (χ3v) is 12.0. The summed E-state index contributed by atoms with van der Waals surface area (Å²) in [6.45, 7) is 15.0. The van der Waals surface area contributed by atoms with Gasteiger partial charge in [0.05, 0.1) is 11.0 Å². The molecule has 0 fully saturated rings. The van der Waals surface area contributed by atoms with Gasteiger partial charge in [0.15, 0.2) is 0 Å². The van der Waals surface area contributed by atoms with Crippen LogP contribution in [0.25, 0.3) is 89.4 Å². The number of fused-ring (bicyclic) bond motifs is 10. The van der Waals surface area contributed by atoms with Crippen LogP contribution in [0.1, 0.15) is 37.5 Å². The van der Waals surface area contributed by atoms with Crippen LogP contribution in [0.2, 0.25) is 0 Å². The van der Waals surface area contributed by atoms with Crippen molar-refractivity contribution in [2.45, 2.75) is 26.2 Å². The molecular formula is C50H37BN2. The summed E-state index contributed by atoms with van der Waals surface area (Å²) >= 11 is 0. The van der Waals surface area contributed by atoms with Gasteiger partial charge in [-0.25, -0.2) is 0 Å². The standard InChI is InChI=1S/C50H37BN2/c1-6-30-15-19-32(20-16-30)34-23-24-44-39(25-34)38-12-10-13-41-48(38)53(44)46-29-36(50(3,4)5)28-45-47(46)51(41)42-27-35(33-21-17-31(7-2)18-22-33)26-40-37-11-8-9-14-43(37)52(45)49(40)42/h6-29H,1-2H2,3-5H3. The minimum atomic E-state index is -0.0470. The summed E-state index contributed by atoms with van der Waals surface area (Å²) in [5.41, 5.74) is 20.3. The highest BCUT2D eigenvalue weighted by Gasteiger charge is 2.41. The van der Waals surface area contributed by atoms with E-state index < -0.39 is 0 Å². The van der Waals surface area contributed by atoms with Crippen LogP contribution in [0, 0.1) is 0 Å². The van der Waals surface area contributed by atoms with Crippen molar-refractivity contribution in [3.63, 3.8) is 0 Å². The first-order chi connectivity index (χ1) is 25.8. The van der Waals surface area contributed by atoms with Crippen LogP contribution in [0.5, 0.6) is 0 Å². The van der Waals surface area contributed by atoms with Crippen LogP contribution in [-0.4, -0.2) is 15.8 Å². The number of nitrogens with zero attached hydrogens (tertiary/aromatic N) is 2. The molecule has 4 heterocycles. The Kier molecular flexibility index (Phi) is 6.08. The molecule has 0 atom stereocenters. The zero-order chi connectivity index (χ0) is 35.7. The summed E-state index contributed by atoms with van der Waals surface area (Å²) in [6.07, 6.45) is 3.82. The van der Waals surface area contributed by atoms with Gasteiger partial charge in [0, 0.05) is 44.0 Å². The van der Waals surface area contributed by atoms with Crippen molar-refractivity contribution in [1.82, 2.24) is 9.13 Å². The lowest BCUT2D eigenvalue weighted by Crippen LogP contribution is -2.59. The Hall–Kier alpha value is -6.32. The lowest BCUT2D eigenvalue weighted by Gasteiger charge is -2.35. The maximum absolute atomic E-state index is 4.00. The molecule has 250 valence electrons. The molecule has 0 radical (unpaired) electrons. The molecule has 0 saturated carbocycles. The molecule has 0 aliphatic carbocycles. The highest BCUT2D eigenvalue weighted by atomic mass is 15.0. The van der Waals surface area contributed by atoms with E-state index in [1.54, 1.807) is 0 Å². The van der Waals surface area contributed by atoms with Crippen LogP contribution in [0.3, 0.4) is 0 Å². The van der Waals surface area contributed by atoms with Gasteiger partial charge in [-0.05, 0) is 97.1 Å². The van der Waals surface area contributed by atoms with Crippen LogP contribution in [0.15, 0.2) is 147 Å². The van der Waals surface area contributed by atoms with Gasteiger partial charge in [-0.2, -0.15) is 0 Å². The average Bonchev–Trinajstić information content (AvgIpc) is 3.71. The topological polar surface area (TPSA) is 9.86 Å². The predicted octanol–water partition coefficient (Wildman–Crippen LogP) is 10.9. The lowest BCUT2D eigenvalue weighted by molar-refractivity contribution is 0.589. The summed E-state index contributed by atoms with van der Waals surface area (Å²) in [6, 6.07) is 50.4. The Morgan fingerprint density at radius 1 is 0.491 bits per heavy atom. The molecule has 2 nitrogen and oxygen atoms in total. The summed E-state index contributed by atoms with van der Waals surface area (Å²) in [7, 11) is 0. The van der Waals surface area contributed by atoms with Crippen LogP contribution < -0.4 is 16.4 Å². The monoisotopic (exact) mass is 676 g/mol. The zero-order valence-electron chi connectivity index (χ0n) is 30.2. The Morgan fingerprint density at radius 2 is 1.06 bits per heavy atom. The van der Waals surface area contributed by atoms with E-state index in [4.69, 9.17) is 0 Å². The van der Waals surface area contributed by atoms with Gasteiger partial charge < -0.3 is 9.13 Å². The molecule has 2 aliphatic rings. The van der Waals surface area contributed by atoms with Crippen molar-refractivity contribution in [2.75, 3.05) is 0 Å². The summed E-state index contributed by atoms with van der Waals surface area (Å²) in [5, 5.41) is 5.18. The predicted molar refractivity (Wildman–Crippen MR) is 230 cm³/mol. The van der Waals surface area contributed by atoms with Crippen LogP contribution >= 0.6 is 0 Å². The fraction of sp³-hybridized carbons (Fsp3) is 0.0800. The SMILES string of the molecule is C=Cc1ccc(-c2ccc3c(c2)c2cccc4c2n3-c2cc(C(C)(C)C)cc3c2B4c2cc(-c4ccc(C=C)cc4)cc4c5ccccc5n-3c24)cc1. The molecule has 2 aliphatic heterocycles. The minimum absolute atomic E-state index is 0.0470. The van der Waals surface area contributed by atoms with Crippen molar-refractivity contribution in [1.29, 1.82) is 0 Å². The molecule has 53 heavy (non-hydrogen) atoms. The Balaban J connectivity index is 1.28. The van der Waals surface area contributed by atoms with E-state index in [0.29, 0.717) is 0 Å². The molecule has 9 aromatic rings. The smallest absolute Gasteiger partial charge is 0.252 e. The maximum atomic E-state index is 4.00. The number of benzene rings is 7. The maximum Gasteiger partial charge on any atom is 0.252 e. The van der Waals surface area contributed by atoms with Gasteiger partial charge in [0.2, 0.25) is 0 Å². The van der Waals surface area contributed by atoms with E-state index in [-0.39, 0.29) is 12.1 Å². The van der Waals surface area contributed by atoms with Crippen molar-refractivity contribution < 1.29 is 0 Å². The van der Waals surface area contributed by atoms with E-state index in [1.165, 1.54) is 99.2 Å².